The monoisotopic (exact) mass is 357 g/mol. The zero-order chi connectivity index (χ0) is 19.2. The molecule has 0 aromatic rings. The van der Waals surface area contributed by atoms with Crippen molar-refractivity contribution in [3.63, 3.8) is 0 Å². The van der Waals surface area contributed by atoms with Gasteiger partial charge in [0.2, 0.25) is 5.91 Å². The Hall–Kier alpha value is -1.67. The molecule has 2 unspecified atom stereocenters. The molecular formula is C17H35N5O3. The Bertz CT molecular complexity index is 415. The topological polar surface area (TPSA) is 143 Å². The van der Waals surface area contributed by atoms with Crippen LogP contribution in [0.3, 0.4) is 0 Å². The lowest BCUT2D eigenvalue weighted by atomic mass is 10.0. The molecule has 8 heteroatoms. The van der Waals surface area contributed by atoms with E-state index in [1.807, 2.05) is 13.8 Å². The van der Waals surface area contributed by atoms with Crippen LogP contribution in [0.2, 0.25) is 0 Å². The minimum absolute atomic E-state index is 0.125. The summed E-state index contributed by atoms with van der Waals surface area (Å²) in [5.41, 5.74) is 10.8. The molecule has 25 heavy (non-hydrogen) atoms. The van der Waals surface area contributed by atoms with Crippen molar-refractivity contribution in [2.45, 2.75) is 76.9 Å². The number of carbonyl (C=O) groups is 2. The van der Waals surface area contributed by atoms with Crippen LogP contribution in [-0.4, -0.2) is 49.5 Å². The third-order valence-electron chi connectivity index (χ3n) is 3.79. The second-order valence-corrected chi connectivity index (χ2v) is 6.51. The van der Waals surface area contributed by atoms with Crippen molar-refractivity contribution in [3.05, 3.63) is 0 Å². The molecule has 0 fully saturated rings. The number of rotatable bonds is 14. The molecule has 2 atom stereocenters. The molecule has 0 aromatic heterocycles. The van der Waals surface area contributed by atoms with Crippen LogP contribution in [0, 0.1) is 5.41 Å². The van der Waals surface area contributed by atoms with Crippen LogP contribution >= 0.6 is 0 Å². The van der Waals surface area contributed by atoms with E-state index in [-0.39, 0.29) is 23.8 Å². The van der Waals surface area contributed by atoms with Crippen molar-refractivity contribution in [2.24, 2.45) is 11.5 Å². The number of hydrogen-bond acceptors (Lipinski definition) is 6. The number of ether oxygens (including phenoxy) is 1. The van der Waals surface area contributed by atoms with Gasteiger partial charge < -0.3 is 26.8 Å². The summed E-state index contributed by atoms with van der Waals surface area (Å²) in [6.45, 7) is 4.54. The van der Waals surface area contributed by atoms with Crippen molar-refractivity contribution in [1.82, 2.24) is 10.6 Å². The smallest absolute Gasteiger partial charge is 0.328 e. The first-order valence-corrected chi connectivity index (χ1v) is 8.99. The number of nitrogens with two attached hydrogens (primary N) is 2. The van der Waals surface area contributed by atoms with Crippen molar-refractivity contribution < 1.29 is 14.3 Å². The van der Waals surface area contributed by atoms with E-state index in [4.69, 9.17) is 21.6 Å². The lowest BCUT2D eigenvalue weighted by molar-refractivity contribution is -0.145. The van der Waals surface area contributed by atoms with Gasteiger partial charge in [0.25, 0.3) is 0 Å². The highest BCUT2D eigenvalue weighted by atomic mass is 16.5. The number of amidine groups is 1. The molecule has 7 N–H and O–H groups in total. The zero-order valence-electron chi connectivity index (χ0n) is 15.8. The average molecular weight is 357 g/mol. The third kappa shape index (κ3) is 11.5. The largest absolute Gasteiger partial charge is 0.467 e. The lowest BCUT2D eigenvalue weighted by Gasteiger charge is -2.24. The summed E-state index contributed by atoms with van der Waals surface area (Å²) in [5.74, 6) is -0.533. The summed E-state index contributed by atoms with van der Waals surface area (Å²) < 4.78 is 4.79. The second-order valence-electron chi connectivity index (χ2n) is 6.51. The lowest BCUT2D eigenvalue weighted by Crippen LogP contribution is -2.51. The van der Waals surface area contributed by atoms with E-state index < -0.39 is 12.0 Å². The summed E-state index contributed by atoms with van der Waals surface area (Å²) in [6.07, 6.45) is 4.68. The van der Waals surface area contributed by atoms with Gasteiger partial charge in [-0.15, -0.1) is 0 Å². The molecule has 0 bridgehead atoms. The standard InChI is InChI=1S/C17H35N5O3/c1-12(2)21-13(8-6-7-11-18)16(23)22-14(17(24)25-3)9-4-5-10-15(19)20/h12-14,21H,4-11,18H2,1-3H3,(H3,19,20)(H,22,23). The highest BCUT2D eigenvalue weighted by Gasteiger charge is 2.26. The number of hydrogen-bond donors (Lipinski definition) is 5. The summed E-state index contributed by atoms with van der Waals surface area (Å²) in [5, 5.41) is 13.2. The van der Waals surface area contributed by atoms with E-state index in [2.05, 4.69) is 10.6 Å². The molecule has 146 valence electrons. The van der Waals surface area contributed by atoms with Crippen LogP contribution in [0.4, 0.5) is 0 Å². The number of methoxy groups -OCH3 is 1. The van der Waals surface area contributed by atoms with Crippen LogP contribution in [-0.2, 0) is 14.3 Å². The normalized spacial score (nSPS) is 13.3. The van der Waals surface area contributed by atoms with Crippen LogP contribution in [0.1, 0.15) is 58.8 Å². The Morgan fingerprint density at radius 2 is 1.68 bits per heavy atom. The van der Waals surface area contributed by atoms with Gasteiger partial charge in [-0.2, -0.15) is 0 Å². The fraction of sp³-hybridized carbons (Fsp3) is 0.824. The molecule has 0 saturated heterocycles. The van der Waals surface area contributed by atoms with Crippen molar-refractivity contribution in [3.8, 4) is 0 Å². The fourth-order valence-corrected chi connectivity index (χ4v) is 2.51. The molecule has 0 rings (SSSR count). The van der Waals surface area contributed by atoms with E-state index >= 15 is 0 Å². The maximum absolute atomic E-state index is 12.6. The summed E-state index contributed by atoms with van der Waals surface area (Å²) in [7, 11) is 1.31. The number of amides is 1. The minimum Gasteiger partial charge on any atom is -0.467 e. The average Bonchev–Trinajstić information content (AvgIpc) is 2.55. The van der Waals surface area contributed by atoms with Gasteiger partial charge in [-0.3, -0.25) is 10.2 Å². The van der Waals surface area contributed by atoms with E-state index in [1.54, 1.807) is 0 Å². The Balaban J connectivity index is 4.69. The summed E-state index contributed by atoms with van der Waals surface area (Å²) in [6, 6.07) is -0.896. The Morgan fingerprint density at radius 3 is 2.20 bits per heavy atom. The number of unbranched alkanes of at least 4 members (excludes halogenated alkanes) is 2. The Labute approximate surface area is 150 Å². The first-order chi connectivity index (χ1) is 11.8. The second kappa shape index (κ2) is 13.6. The van der Waals surface area contributed by atoms with Crippen molar-refractivity contribution in [2.75, 3.05) is 13.7 Å². The molecule has 0 radical (unpaired) electrons. The van der Waals surface area contributed by atoms with Gasteiger partial charge >= 0.3 is 5.97 Å². The Kier molecular flexibility index (Phi) is 12.7. The number of esters is 1. The maximum Gasteiger partial charge on any atom is 0.328 e. The van der Waals surface area contributed by atoms with Gasteiger partial charge in [-0.25, -0.2) is 4.79 Å². The van der Waals surface area contributed by atoms with E-state index in [0.29, 0.717) is 38.6 Å². The van der Waals surface area contributed by atoms with Gasteiger partial charge in [0.15, 0.2) is 0 Å². The molecule has 8 nitrogen and oxygen atoms in total. The molecule has 0 aliphatic heterocycles. The molecule has 0 spiro atoms. The first kappa shape index (κ1) is 23.3. The van der Waals surface area contributed by atoms with E-state index in [0.717, 1.165) is 12.8 Å². The zero-order valence-corrected chi connectivity index (χ0v) is 15.8. The number of nitrogens with one attached hydrogen (secondary N) is 3. The van der Waals surface area contributed by atoms with Crippen molar-refractivity contribution >= 4 is 17.7 Å². The van der Waals surface area contributed by atoms with E-state index in [9.17, 15) is 9.59 Å². The number of carbonyl (C=O) groups excluding carboxylic acids is 2. The van der Waals surface area contributed by atoms with Crippen LogP contribution in [0.25, 0.3) is 0 Å². The van der Waals surface area contributed by atoms with Crippen LogP contribution in [0.5, 0.6) is 0 Å². The highest BCUT2D eigenvalue weighted by Crippen LogP contribution is 2.08. The van der Waals surface area contributed by atoms with Gasteiger partial charge in [0.1, 0.15) is 6.04 Å². The molecule has 0 aliphatic carbocycles. The quantitative estimate of drug-likeness (QED) is 0.134. The Morgan fingerprint density at radius 1 is 1.08 bits per heavy atom. The minimum atomic E-state index is -0.685. The predicted molar refractivity (Wildman–Crippen MR) is 99.3 cm³/mol. The van der Waals surface area contributed by atoms with Gasteiger partial charge in [-0.1, -0.05) is 26.7 Å². The third-order valence-corrected chi connectivity index (χ3v) is 3.79. The molecule has 0 heterocycles. The SMILES string of the molecule is COC(=O)C(CCCCC(=N)N)NC(=O)C(CCCCN)NC(C)C. The molecule has 1 amide bonds. The van der Waals surface area contributed by atoms with E-state index in [1.165, 1.54) is 7.11 Å². The molecule has 0 saturated carbocycles. The van der Waals surface area contributed by atoms with Crippen LogP contribution < -0.4 is 22.1 Å². The fourth-order valence-electron chi connectivity index (χ4n) is 2.51. The predicted octanol–water partition coefficient (Wildman–Crippen LogP) is 0.636. The summed E-state index contributed by atoms with van der Waals surface area (Å²) >= 11 is 0. The first-order valence-electron chi connectivity index (χ1n) is 8.99. The maximum atomic E-state index is 12.6. The summed E-state index contributed by atoms with van der Waals surface area (Å²) in [4.78, 5) is 24.5. The molecule has 0 aromatic carbocycles. The van der Waals surface area contributed by atoms with Gasteiger partial charge in [0, 0.05) is 12.5 Å². The molecule has 0 aliphatic rings. The van der Waals surface area contributed by atoms with Crippen molar-refractivity contribution in [1.29, 1.82) is 5.41 Å². The highest BCUT2D eigenvalue weighted by molar-refractivity contribution is 5.87. The van der Waals surface area contributed by atoms with Gasteiger partial charge in [0.05, 0.1) is 19.0 Å². The van der Waals surface area contributed by atoms with Crippen LogP contribution in [0.15, 0.2) is 0 Å². The molecular weight excluding hydrogens is 322 g/mol. The van der Waals surface area contributed by atoms with Gasteiger partial charge in [-0.05, 0) is 32.2 Å².